The molecule has 2 unspecified atom stereocenters. The highest BCUT2D eigenvalue weighted by molar-refractivity contribution is 5.35. The summed E-state index contributed by atoms with van der Waals surface area (Å²) in [7, 11) is 1.75. The van der Waals surface area contributed by atoms with E-state index in [0.717, 1.165) is 18.1 Å². The van der Waals surface area contributed by atoms with Crippen LogP contribution in [0.25, 0.3) is 0 Å². The van der Waals surface area contributed by atoms with E-state index < -0.39 is 0 Å². The maximum absolute atomic E-state index is 5.48. The molecular formula is C17H29NO. The van der Waals surface area contributed by atoms with Crippen molar-refractivity contribution in [2.45, 2.75) is 59.0 Å². The summed E-state index contributed by atoms with van der Waals surface area (Å²) in [6, 6.07) is 9.22. The molecule has 0 radical (unpaired) electrons. The Morgan fingerprint density at radius 1 is 1.05 bits per heavy atom. The topological polar surface area (TPSA) is 21.3 Å². The molecule has 1 rings (SSSR count). The summed E-state index contributed by atoms with van der Waals surface area (Å²) < 4.78 is 5.48. The van der Waals surface area contributed by atoms with Gasteiger partial charge in [-0.3, -0.25) is 0 Å². The Hall–Kier alpha value is -1.02. The molecule has 0 saturated carbocycles. The third-order valence-corrected chi connectivity index (χ3v) is 4.14. The van der Waals surface area contributed by atoms with Crippen molar-refractivity contribution < 1.29 is 4.74 Å². The highest BCUT2D eigenvalue weighted by Gasteiger charge is 2.20. The lowest BCUT2D eigenvalue weighted by Gasteiger charge is -2.28. The molecule has 0 aliphatic heterocycles. The second-order valence-corrected chi connectivity index (χ2v) is 5.23. The molecule has 1 N–H and O–H groups in total. The van der Waals surface area contributed by atoms with Crippen LogP contribution in [0, 0.1) is 5.92 Å². The van der Waals surface area contributed by atoms with Crippen LogP contribution in [-0.2, 0) is 0 Å². The number of rotatable bonds is 8. The summed E-state index contributed by atoms with van der Waals surface area (Å²) in [6.07, 6.45) is 3.53. The number of methoxy groups -OCH3 is 1. The fraction of sp³-hybridized carbons (Fsp3) is 0.647. The second kappa shape index (κ2) is 8.21. The molecule has 2 atom stereocenters. The van der Waals surface area contributed by atoms with Crippen LogP contribution >= 0.6 is 0 Å². The molecule has 0 amide bonds. The van der Waals surface area contributed by atoms with Crippen LogP contribution in [0.4, 0.5) is 0 Å². The monoisotopic (exact) mass is 263 g/mol. The van der Waals surface area contributed by atoms with Gasteiger partial charge in [0.15, 0.2) is 0 Å². The minimum absolute atomic E-state index is 0.367. The Labute approximate surface area is 118 Å². The summed E-state index contributed by atoms with van der Waals surface area (Å²) in [5.41, 5.74) is 1.27. The van der Waals surface area contributed by atoms with Crippen molar-refractivity contribution in [3.63, 3.8) is 0 Å². The first kappa shape index (κ1) is 16.0. The molecule has 2 nitrogen and oxygen atoms in total. The van der Waals surface area contributed by atoms with Gasteiger partial charge in [0, 0.05) is 17.6 Å². The summed E-state index contributed by atoms with van der Waals surface area (Å²) >= 11 is 0. The summed E-state index contributed by atoms with van der Waals surface area (Å²) in [5, 5.41) is 3.78. The van der Waals surface area contributed by atoms with Gasteiger partial charge in [0.1, 0.15) is 5.75 Å². The van der Waals surface area contributed by atoms with E-state index in [9.17, 15) is 0 Å². The van der Waals surface area contributed by atoms with Crippen molar-refractivity contribution in [1.82, 2.24) is 5.32 Å². The second-order valence-electron chi connectivity index (χ2n) is 5.23. The fourth-order valence-corrected chi connectivity index (χ4v) is 2.83. The summed E-state index contributed by atoms with van der Waals surface area (Å²) in [5.74, 6) is 1.72. The molecule has 19 heavy (non-hydrogen) atoms. The van der Waals surface area contributed by atoms with E-state index in [1.54, 1.807) is 7.11 Å². The van der Waals surface area contributed by atoms with Crippen molar-refractivity contribution in [2.75, 3.05) is 7.11 Å². The van der Waals surface area contributed by atoms with E-state index in [2.05, 4.69) is 45.1 Å². The first-order valence-corrected chi connectivity index (χ1v) is 7.56. The number of ether oxygens (including phenoxy) is 1. The van der Waals surface area contributed by atoms with E-state index in [-0.39, 0.29) is 0 Å². The maximum atomic E-state index is 5.48. The van der Waals surface area contributed by atoms with Gasteiger partial charge in [0.05, 0.1) is 7.11 Å². The standard InChI is InChI=1S/C17H29NO/c1-6-14(7-2)13(4)18-16(8-3)15-11-9-10-12-17(15)19-5/h9-14,16,18H,6-8H2,1-5H3. The highest BCUT2D eigenvalue weighted by Crippen LogP contribution is 2.28. The number of hydrogen-bond acceptors (Lipinski definition) is 2. The molecule has 0 aromatic heterocycles. The first-order chi connectivity index (χ1) is 9.17. The lowest BCUT2D eigenvalue weighted by atomic mass is 9.93. The quantitative estimate of drug-likeness (QED) is 0.742. The number of para-hydroxylation sites is 1. The maximum Gasteiger partial charge on any atom is 0.123 e. The van der Waals surface area contributed by atoms with Gasteiger partial charge >= 0.3 is 0 Å². The molecule has 0 aliphatic rings. The summed E-state index contributed by atoms with van der Waals surface area (Å²) in [4.78, 5) is 0. The van der Waals surface area contributed by atoms with Gasteiger partial charge in [-0.05, 0) is 25.3 Å². The molecule has 0 spiro atoms. The van der Waals surface area contributed by atoms with Gasteiger partial charge in [-0.1, -0.05) is 51.8 Å². The minimum atomic E-state index is 0.367. The molecule has 0 aliphatic carbocycles. The Balaban J connectivity index is 2.83. The molecule has 0 heterocycles. The minimum Gasteiger partial charge on any atom is -0.496 e. The van der Waals surface area contributed by atoms with Gasteiger partial charge in [-0.2, -0.15) is 0 Å². The Morgan fingerprint density at radius 3 is 2.21 bits per heavy atom. The number of benzene rings is 1. The summed E-state index contributed by atoms with van der Waals surface area (Å²) in [6.45, 7) is 9.08. The van der Waals surface area contributed by atoms with Crippen molar-refractivity contribution in [3.05, 3.63) is 29.8 Å². The van der Waals surface area contributed by atoms with E-state index in [1.807, 2.05) is 12.1 Å². The molecule has 0 saturated heterocycles. The first-order valence-electron chi connectivity index (χ1n) is 7.56. The zero-order valence-corrected chi connectivity index (χ0v) is 13.1. The van der Waals surface area contributed by atoms with Gasteiger partial charge in [0.25, 0.3) is 0 Å². The highest BCUT2D eigenvalue weighted by atomic mass is 16.5. The SMILES string of the molecule is CCC(NC(C)C(CC)CC)c1ccccc1OC. The van der Waals surface area contributed by atoms with Crippen LogP contribution in [0.2, 0.25) is 0 Å². The third-order valence-electron chi connectivity index (χ3n) is 4.14. The predicted molar refractivity (Wildman–Crippen MR) is 82.7 cm³/mol. The smallest absolute Gasteiger partial charge is 0.123 e. The van der Waals surface area contributed by atoms with Crippen molar-refractivity contribution in [3.8, 4) is 5.75 Å². The molecule has 2 heteroatoms. The van der Waals surface area contributed by atoms with Gasteiger partial charge in [-0.15, -0.1) is 0 Å². The lowest BCUT2D eigenvalue weighted by molar-refractivity contribution is 0.313. The molecule has 0 bridgehead atoms. The predicted octanol–water partition coefficient (Wildman–Crippen LogP) is 4.56. The fourth-order valence-electron chi connectivity index (χ4n) is 2.83. The largest absolute Gasteiger partial charge is 0.496 e. The van der Waals surface area contributed by atoms with Crippen LogP contribution < -0.4 is 10.1 Å². The van der Waals surface area contributed by atoms with Crippen molar-refractivity contribution >= 4 is 0 Å². The Morgan fingerprint density at radius 2 is 1.68 bits per heavy atom. The average molecular weight is 263 g/mol. The molecular weight excluding hydrogens is 234 g/mol. The van der Waals surface area contributed by atoms with Crippen LogP contribution in [0.3, 0.4) is 0 Å². The van der Waals surface area contributed by atoms with E-state index >= 15 is 0 Å². The molecule has 1 aromatic carbocycles. The zero-order chi connectivity index (χ0) is 14.3. The van der Waals surface area contributed by atoms with Gasteiger partial charge in [-0.25, -0.2) is 0 Å². The van der Waals surface area contributed by atoms with Gasteiger partial charge in [0.2, 0.25) is 0 Å². The van der Waals surface area contributed by atoms with Crippen LogP contribution in [0.1, 0.15) is 58.6 Å². The third kappa shape index (κ3) is 4.24. The Bertz CT molecular complexity index is 360. The van der Waals surface area contributed by atoms with E-state index in [1.165, 1.54) is 18.4 Å². The van der Waals surface area contributed by atoms with Crippen molar-refractivity contribution in [2.24, 2.45) is 5.92 Å². The molecule has 0 fully saturated rings. The number of hydrogen-bond donors (Lipinski definition) is 1. The van der Waals surface area contributed by atoms with Crippen LogP contribution in [0.15, 0.2) is 24.3 Å². The zero-order valence-electron chi connectivity index (χ0n) is 13.1. The van der Waals surface area contributed by atoms with Crippen LogP contribution in [-0.4, -0.2) is 13.2 Å². The van der Waals surface area contributed by atoms with Crippen LogP contribution in [0.5, 0.6) is 5.75 Å². The number of nitrogens with one attached hydrogen (secondary N) is 1. The van der Waals surface area contributed by atoms with E-state index in [4.69, 9.17) is 4.74 Å². The Kier molecular flexibility index (Phi) is 6.93. The molecule has 1 aromatic rings. The average Bonchev–Trinajstić information content (AvgIpc) is 2.46. The van der Waals surface area contributed by atoms with Gasteiger partial charge < -0.3 is 10.1 Å². The molecule has 108 valence electrons. The van der Waals surface area contributed by atoms with E-state index in [0.29, 0.717) is 12.1 Å². The van der Waals surface area contributed by atoms with Crippen molar-refractivity contribution in [1.29, 1.82) is 0 Å². The normalized spacial score (nSPS) is 14.4. The lowest BCUT2D eigenvalue weighted by Crippen LogP contribution is -2.36.